The number of benzene rings is 2. The van der Waals surface area contributed by atoms with Crippen LogP contribution in [0.5, 0.6) is 11.5 Å². The predicted molar refractivity (Wildman–Crippen MR) is 87.5 cm³/mol. The Morgan fingerprint density at radius 2 is 1.82 bits per heavy atom. The van der Waals surface area contributed by atoms with E-state index in [9.17, 15) is 4.79 Å². The van der Waals surface area contributed by atoms with E-state index in [0.717, 1.165) is 23.5 Å². The van der Waals surface area contributed by atoms with Crippen LogP contribution >= 0.6 is 0 Å². The standard InChI is InChI=1S/C18H21NO3/c1-4-14-7-5-6-8-17(14)22-13(2)18(20)19-15-9-11-16(21-3)12-10-15/h5-13H,4H2,1-3H3,(H,19,20)/t13-/m0/s1. The molecule has 0 unspecified atom stereocenters. The number of methoxy groups -OCH3 is 1. The minimum atomic E-state index is -0.574. The predicted octanol–water partition coefficient (Wildman–Crippen LogP) is 3.66. The van der Waals surface area contributed by atoms with E-state index in [4.69, 9.17) is 9.47 Å². The highest BCUT2D eigenvalue weighted by Gasteiger charge is 2.16. The number of nitrogens with one attached hydrogen (secondary N) is 1. The molecule has 0 aliphatic rings. The average molecular weight is 299 g/mol. The molecule has 0 aliphatic heterocycles. The third kappa shape index (κ3) is 4.01. The molecule has 22 heavy (non-hydrogen) atoms. The minimum Gasteiger partial charge on any atom is -0.497 e. The molecular formula is C18H21NO3. The smallest absolute Gasteiger partial charge is 0.265 e. The molecule has 2 rings (SSSR count). The highest BCUT2D eigenvalue weighted by atomic mass is 16.5. The number of ether oxygens (including phenoxy) is 2. The summed E-state index contributed by atoms with van der Waals surface area (Å²) in [5, 5.41) is 2.83. The molecule has 0 saturated heterocycles. The lowest BCUT2D eigenvalue weighted by atomic mass is 10.1. The third-order valence-corrected chi connectivity index (χ3v) is 3.38. The Hall–Kier alpha value is -2.49. The maximum Gasteiger partial charge on any atom is 0.265 e. The number of hydrogen-bond acceptors (Lipinski definition) is 3. The second-order valence-corrected chi connectivity index (χ2v) is 4.94. The Balaban J connectivity index is 1.99. The zero-order chi connectivity index (χ0) is 15.9. The first-order valence-corrected chi connectivity index (χ1v) is 7.33. The largest absolute Gasteiger partial charge is 0.497 e. The Kier molecular flexibility index (Phi) is 5.42. The van der Waals surface area contributed by atoms with E-state index in [2.05, 4.69) is 12.2 Å². The van der Waals surface area contributed by atoms with Crippen molar-refractivity contribution in [3.05, 3.63) is 54.1 Å². The fourth-order valence-electron chi connectivity index (χ4n) is 2.07. The van der Waals surface area contributed by atoms with Crippen LogP contribution in [-0.2, 0) is 11.2 Å². The fourth-order valence-corrected chi connectivity index (χ4v) is 2.07. The Morgan fingerprint density at radius 1 is 1.14 bits per heavy atom. The SMILES string of the molecule is CCc1ccccc1O[C@@H](C)C(=O)Nc1ccc(OC)cc1. The summed E-state index contributed by atoms with van der Waals surface area (Å²) in [6, 6.07) is 14.9. The van der Waals surface area contributed by atoms with Gasteiger partial charge in [0.1, 0.15) is 11.5 Å². The van der Waals surface area contributed by atoms with Gasteiger partial charge in [-0.3, -0.25) is 4.79 Å². The van der Waals surface area contributed by atoms with Crippen LogP contribution < -0.4 is 14.8 Å². The summed E-state index contributed by atoms with van der Waals surface area (Å²) in [6.07, 6.45) is 0.290. The van der Waals surface area contributed by atoms with Gasteiger partial charge in [-0.25, -0.2) is 0 Å². The Morgan fingerprint density at radius 3 is 2.45 bits per heavy atom. The lowest BCUT2D eigenvalue weighted by molar-refractivity contribution is -0.122. The molecule has 1 atom stereocenters. The molecule has 2 aromatic rings. The molecule has 0 bridgehead atoms. The van der Waals surface area contributed by atoms with Crippen molar-refractivity contribution in [1.29, 1.82) is 0 Å². The topological polar surface area (TPSA) is 47.6 Å². The first-order chi connectivity index (χ1) is 10.6. The summed E-state index contributed by atoms with van der Waals surface area (Å²) >= 11 is 0. The number of carbonyl (C=O) groups is 1. The number of para-hydroxylation sites is 1. The summed E-state index contributed by atoms with van der Waals surface area (Å²) in [7, 11) is 1.61. The van der Waals surface area contributed by atoms with Crippen molar-refractivity contribution in [2.24, 2.45) is 0 Å². The van der Waals surface area contributed by atoms with Crippen LogP contribution in [0, 0.1) is 0 Å². The van der Waals surface area contributed by atoms with Gasteiger partial charge < -0.3 is 14.8 Å². The van der Waals surface area contributed by atoms with Gasteiger partial charge in [0.05, 0.1) is 7.11 Å². The summed E-state index contributed by atoms with van der Waals surface area (Å²) in [6.45, 7) is 3.80. The molecule has 0 heterocycles. The quantitative estimate of drug-likeness (QED) is 0.885. The van der Waals surface area contributed by atoms with Gasteiger partial charge in [-0.2, -0.15) is 0 Å². The van der Waals surface area contributed by atoms with Crippen LogP contribution in [0.1, 0.15) is 19.4 Å². The molecule has 4 heteroatoms. The second-order valence-electron chi connectivity index (χ2n) is 4.94. The first-order valence-electron chi connectivity index (χ1n) is 7.33. The van der Waals surface area contributed by atoms with Crippen LogP contribution in [0.2, 0.25) is 0 Å². The van der Waals surface area contributed by atoms with E-state index in [1.165, 1.54) is 0 Å². The molecule has 1 N–H and O–H groups in total. The van der Waals surface area contributed by atoms with Gasteiger partial charge in [0.25, 0.3) is 5.91 Å². The van der Waals surface area contributed by atoms with Crippen molar-refractivity contribution in [1.82, 2.24) is 0 Å². The fraction of sp³-hybridized carbons (Fsp3) is 0.278. The van der Waals surface area contributed by atoms with E-state index >= 15 is 0 Å². The number of hydrogen-bond donors (Lipinski definition) is 1. The van der Waals surface area contributed by atoms with Crippen molar-refractivity contribution in [3.63, 3.8) is 0 Å². The highest BCUT2D eigenvalue weighted by molar-refractivity contribution is 5.94. The molecule has 1 amide bonds. The summed E-state index contributed by atoms with van der Waals surface area (Å²) < 4.78 is 10.9. The molecule has 0 radical (unpaired) electrons. The Labute approximate surface area is 131 Å². The van der Waals surface area contributed by atoms with Crippen LogP contribution in [0.3, 0.4) is 0 Å². The first kappa shape index (κ1) is 15.9. The van der Waals surface area contributed by atoms with Crippen molar-refractivity contribution >= 4 is 11.6 Å². The van der Waals surface area contributed by atoms with E-state index in [1.54, 1.807) is 38.3 Å². The van der Waals surface area contributed by atoms with E-state index in [0.29, 0.717) is 5.69 Å². The number of carbonyl (C=O) groups excluding carboxylic acids is 1. The van der Waals surface area contributed by atoms with Crippen molar-refractivity contribution in [2.45, 2.75) is 26.4 Å². The maximum atomic E-state index is 12.2. The van der Waals surface area contributed by atoms with Crippen molar-refractivity contribution in [3.8, 4) is 11.5 Å². The average Bonchev–Trinajstić information content (AvgIpc) is 2.56. The number of aryl methyl sites for hydroxylation is 1. The number of anilines is 1. The molecule has 116 valence electrons. The number of amides is 1. The van der Waals surface area contributed by atoms with Gasteiger partial charge in [-0.05, 0) is 49.2 Å². The van der Waals surface area contributed by atoms with Gasteiger partial charge in [0, 0.05) is 5.69 Å². The molecule has 4 nitrogen and oxygen atoms in total. The molecule has 0 aromatic heterocycles. The molecule has 0 aliphatic carbocycles. The van der Waals surface area contributed by atoms with Crippen LogP contribution in [0.4, 0.5) is 5.69 Å². The molecular weight excluding hydrogens is 278 g/mol. The zero-order valence-electron chi connectivity index (χ0n) is 13.1. The summed E-state index contributed by atoms with van der Waals surface area (Å²) in [4.78, 5) is 12.2. The Bertz CT molecular complexity index is 622. The number of rotatable bonds is 6. The van der Waals surface area contributed by atoms with Crippen LogP contribution in [0.25, 0.3) is 0 Å². The zero-order valence-corrected chi connectivity index (χ0v) is 13.1. The normalized spacial score (nSPS) is 11.6. The van der Waals surface area contributed by atoms with Gasteiger partial charge in [-0.1, -0.05) is 25.1 Å². The van der Waals surface area contributed by atoms with Crippen LogP contribution in [0.15, 0.2) is 48.5 Å². The van der Waals surface area contributed by atoms with E-state index < -0.39 is 6.10 Å². The van der Waals surface area contributed by atoms with Gasteiger partial charge in [0.15, 0.2) is 6.10 Å². The van der Waals surface area contributed by atoms with Gasteiger partial charge in [0.2, 0.25) is 0 Å². The summed E-state index contributed by atoms with van der Waals surface area (Å²) in [5.41, 5.74) is 1.80. The van der Waals surface area contributed by atoms with E-state index in [1.807, 2.05) is 24.3 Å². The van der Waals surface area contributed by atoms with E-state index in [-0.39, 0.29) is 5.91 Å². The minimum absolute atomic E-state index is 0.184. The lowest BCUT2D eigenvalue weighted by Crippen LogP contribution is -2.30. The lowest BCUT2D eigenvalue weighted by Gasteiger charge is -2.17. The van der Waals surface area contributed by atoms with Crippen molar-refractivity contribution < 1.29 is 14.3 Å². The highest BCUT2D eigenvalue weighted by Crippen LogP contribution is 2.20. The summed E-state index contributed by atoms with van der Waals surface area (Å²) in [5.74, 6) is 1.32. The molecule has 0 spiro atoms. The van der Waals surface area contributed by atoms with Gasteiger partial charge >= 0.3 is 0 Å². The van der Waals surface area contributed by atoms with Crippen LogP contribution in [-0.4, -0.2) is 19.1 Å². The maximum absolute atomic E-state index is 12.2. The van der Waals surface area contributed by atoms with Gasteiger partial charge in [-0.15, -0.1) is 0 Å². The van der Waals surface area contributed by atoms with Crippen molar-refractivity contribution in [2.75, 3.05) is 12.4 Å². The second kappa shape index (κ2) is 7.50. The third-order valence-electron chi connectivity index (χ3n) is 3.38. The molecule has 0 fully saturated rings. The molecule has 0 saturated carbocycles. The monoisotopic (exact) mass is 299 g/mol. The molecule has 2 aromatic carbocycles.